The first kappa shape index (κ1) is 13.1. The van der Waals surface area contributed by atoms with Crippen LogP contribution in [0.2, 0.25) is 0 Å². The minimum atomic E-state index is -0.592. The average Bonchev–Trinajstić information content (AvgIpc) is 3.06. The third-order valence-corrected chi connectivity index (χ3v) is 4.21. The SMILES string of the molecule is CCOC(=O)C1(c2nc3ncccc3n2C)CCCC1. The molecule has 0 unspecified atom stereocenters. The average molecular weight is 273 g/mol. The van der Waals surface area contributed by atoms with Crippen molar-refractivity contribution in [2.24, 2.45) is 7.05 Å². The van der Waals surface area contributed by atoms with Gasteiger partial charge in [0.2, 0.25) is 0 Å². The zero-order valence-corrected chi connectivity index (χ0v) is 11.9. The second-order valence-electron chi connectivity index (χ2n) is 5.35. The van der Waals surface area contributed by atoms with Crippen LogP contribution < -0.4 is 0 Å². The van der Waals surface area contributed by atoms with Gasteiger partial charge >= 0.3 is 5.97 Å². The fraction of sp³-hybridized carbons (Fsp3) is 0.533. The number of rotatable bonds is 3. The number of nitrogens with zero attached hydrogens (tertiary/aromatic N) is 3. The summed E-state index contributed by atoms with van der Waals surface area (Å²) in [5.41, 5.74) is 1.06. The lowest BCUT2D eigenvalue weighted by molar-refractivity contribution is -0.150. The lowest BCUT2D eigenvalue weighted by Gasteiger charge is -2.25. The van der Waals surface area contributed by atoms with Gasteiger partial charge in [0.1, 0.15) is 11.2 Å². The van der Waals surface area contributed by atoms with Crippen LogP contribution in [-0.4, -0.2) is 27.1 Å². The molecule has 2 aromatic rings. The van der Waals surface area contributed by atoms with Crippen molar-refractivity contribution in [3.8, 4) is 0 Å². The molecule has 0 aliphatic heterocycles. The summed E-state index contributed by atoms with van der Waals surface area (Å²) < 4.78 is 7.31. The normalized spacial score (nSPS) is 17.5. The lowest BCUT2D eigenvalue weighted by Crippen LogP contribution is -2.37. The van der Waals surface area contributed by atoms with E-state index in [9.17, 15) is 4.79 Å². The van der Waals surface area contributed by atoms with Crippen LogP contribution in [0.5, 0.6) is 0 Å². The molecule has 2 aromatic heterocycles. The number of carbonyl (C=O) groups is 1. The molecule has 1 aliphatic carbocycles. The third kappa shape index (κ3) is 1.80. The third-order valence-electron chi connectivity index (χ3n) is 4.21. The van der Waals surface area contributed by atoms with Gasteiger partial charge in [0, 0.05) is 13.2 Å². The van der Waals surface area contributed by atoms with E-state index in [4.69, 9.17) is 4.74 Å². The van der Waals surface area contributed by atoms with Crippen LogP contribution >= 0.6 is 0 Å². The fourth-order valence-corrected chi connectivity index (χ4v) is 3.22. The number of pyridine rings is 1. The largest absolute Gasteiger partial charge is 0.465 e. The maximum Gasteiger partial charge on any atom is 0.319 e. The van der Waals surface area contributed by atoms with Crippen LogP contribution in [0, 0.1) is 0 Å². The molecular formula is C15H19N3O2. The number of ether oxygens (including phenoxy) is 1. The summed E-state index contributed by atoms with van der Waals surface area (Å²) in [4.78, 5) is 21.4. The highest BCUT2D eigenvalue weighted by Gasteiger charge is 2.47. The molecule has 0 amide bonds. The molecule has 0 N–H and O–H groups in total. The first-order chi connectivity index (χ1) is 9.69. The second kappa shape index (κ2) is 4.89. The Morgan fingerprint density at radius 1 is 1.45 bits per heavy atom. The molecule has 0 bridgehead atoms. The smallest absolute Gasteiger partial charge is 0.319 e. The van der Waals surface area contributed by atoms with Gasteiger partial charge in [-0.05, 0) is 31.9 Å². The first-order valence-electron chi connectivity index (χ1n) is 7.14. The van der Waals surface area contributed by atoms with E-state index >= 15 is 0 Å². The van der Waals surface area contributed by atoms with Gasteiger partial charge in [-0.2, -0.15) is 0 Å². The highest BCUT2D eigenvalue weighted by molar-refractivity contribution is 5.84. The van der Waals surface area contributed by atoms with Crippen molar-refractivity contribution in [3.05, 3.63) is 24.2 Å². The van der Waals surface area contributed by atoms with E-state index in [1.807, 2.05) is 30.7 Å². The summed E-state index contributed by atoms with van der Waals surface area (Å²) >= 11 is 0. The van der Waals surface area contributed by atoms with Crippen LogP contribution in [0.3, 0.4) is 0 Å². The van der Waals surface area contributed by atoms with Gasteiger partial charge in [0.25, 0.3) is 0 Å². The van der Waals surface area contributed by atoms with Crippen LogP contribution in [0.1, 0.15) is 38.4 Å². The molecule has 0 aromatic carbocycles. The minimum Gasteiger partial charge on any atom is -0.465 e. The number of hydrogen-bond donors (Lipinski definition) is 0. The topological polar surface area (TPSA) is 57.0 Å². The number of aryl methyl sites for hydroxylation is 1. The van der Waals surface area contributed by atoms with Crippen molar-refractivity contribution in [2.75, 3.05) is 6.61 Å². The maximum atomic E-state index is 12.5. The number of hydrogen-bond acceptors (Lipinski definition) is 4. The first-order valence-corrected chi connectivity index (χ1v) is 7.14. The minimum absolute atomic E-state index is 0.143. The lowest BCUT2D eigenvalue weighted by atomic mass is 9.85. The quantitative estimate of drug-likeness (QED) is 0.805. The molecule has 0 saturated heterocycles. The van der Waals surface area contributed by atoms with Crippen molar-refractivity contribution >= 4 is 17.1 Å². The molecule has 5 heteroatoms. The van der Waals surface area contributed by atoms with Crippen molar-refractivity contribution < 1.29 is 9.53 Å². The van der Waals surface area contributed by atoms with E-state index in [2.05, 4.69) is 9.97 Å². The molecule has 0 radical (unpaired) electrons. The van der Waals surface area contributed by atoms with Gasteiger partial charge in [-0.1, -0.05) is 12.8 Å². The van der Waals surface area contributed by atoms with E-state index in [1.165, 1.54) is 0 Å². The molecule has 0 atom stereocenters. The summed E-state index contributed by atoms with van der Waals surface area (Å²) in [7, 11) is 1.95. The van der Waals surface area contributed by atoms with Crippen molar-refractivity contribution in [1.29, 1.82) is 0 Å². The number of aromatic nitrogens is 3. The van der Waals surface area contributed by atoms with Crippen LogP contribution in [0.4, 0.5) is 0 Å². The van der Waals surface area contributed by atoms with Gasteiger partial charge in [-0.25, -0.2) is 9.97 Å². The van der Waals surface area contributed by atoms with Crippen molar-refractivity contribution in [3.63, 3.8) is 0 Å². The Labute approximate surface area is 118 Å². The van der Waals surface area contributed by atoms with E-state index < -0.39 is 5.41 Å². The summed E-state index contributed by atoms with van der Waals surface area (Å²) in [6, 6.07) is 3.87. The van der Waals surface area contributed by atoms with E-state index in [1.54, 1.807) is 6.20 Å². The molecule has 106 valence electrons. The zero-order valence-electron chi connectivity index (χ0n) is 11.9. The summed E-state index contributed by atoms with van der Waals surface area (Å²) in [5.74, 6) is 0.651. The molecule has 20 heavy (non-hydrogen) atoms. The number of imidazole rings is 1. The standard InChI is InChI=1S/C15H19N3O2/c1-3-20-14(19)15(8-4-5-9-15)13-17-12-11(18(13)2)7-6-10-16-12/h6-7,10H,3-5,8-9H2,1-2H3. The highest BCUT2D eigenvalue weighted by atomic mass is 16.5. The Balaban J connectivity index is 2.15. The van der Waals surface area contributed by atoms with Crippen LogP contribution in [0.15, 0.2) is 18.3 Å². The molecule has 3 rings (SSSR count). The molecule has 5 nitrogen and oxygen atoms in total. The fourth-order valence-electron chi connectivity index (χ4n) is 3.22. The Morgan fingerprint density at radius 2 is 2.20 bits per heavy atom. The summed E-state index contributed by atoms with van der Waals surface area (Å²) in [6.07, 6.45) is 5.42. The summed E-state index contributed by atoms with van der Waals surface area (Å²) in [6.45, 7) is 2.25. The molecule has 1 aliphatic rings. The van der Waals surface area contributed by atoms with Crippen LogP contribution in [0.25, 0.3) is 11.2 Å². The number of carbonyl (C=O) groups excluding carboxylic acids is 1. The highest BCUT2D eigenvalue weighted by Crippen LogP contribution is 2.42. The molecule has 1 saturated carbocycles. The van der Waals surface area contributed by atoms with Gasteiger partial charge in [0.15, 0.2) is 5.65 Å². The van der Waals surface area contributed by atoms with Gasteiger partial charge in [-0.3, -0.25) is 4.79 Å². The Bertz CT molecular complexity index is 642. The Morgan fingerprint density at radius 3 is 2.85 bits per heavy atom. The van der Waals surface area contributed by atoms with E-state index in [-0.39, 0.29) is 5.97 Å². The van der Waals surface area contributed by atoms with Gasteiger partial charge < -0.3 is 9.30 Å². The van der Waals surface area contributed by atoms with Crippen molar-refractivity contribution in [2.45, 2.75) is 38.0 Å². The Hall–Kier alpha value is -1.91. The molecular weight excluding hydrogens is 254 g/mol. The van der Waals surface area contributed by atoms with Crippen LogP contribution in [-0.2, 0) is 22.0 Å². The van der Waals surface area contributed by atoms with Crippen molar-refractivity contribution in [1.82, 2.24) is 14.5 Å². The predicted octanol–water partition coefficient (Wildman–Crippen LogP) is 2.34. The number of fused-ring (bicyclic) bond motifs is 1. The predicted molar refractivity (Wildman–Crippen MR) is 75.3 cm³/mol. The van der Waals surface area contributed by atoms with E-state index in [0.29, 0.717) is 12.3 Å². The Kier molecular flexibility index (Phi) is 3.20. The molecule has 0 spiro atoms. The monoisotopic (exact) mass is 273 g/mol. The molecule has 1 fully saturated rings. The molecule has 2 heterocycles. The maximum absolute atomic E-state index is 12.5. The van der Waals surface area contributed by atoms with Gasteiger partial charge in [0.05, 0.1) is 12.1 Å². The van der Waals surface area contributed by atoms with E-state index in [0.717, 1.165) is 37.0 Å². The number of esters is 1. The second-order valence-corrected chi connectivity index (χ2v) is 5.35. The summed E-state index contributed by atoms with van der Waals surface area (Å²) in [5, 5.41) is 0. The van der Waals surface area contributed by atoms with Gasteiger partial charge in [-0.15, -0.1) is 0 Å². The zero-order chi connectivity index (χ0) is 14.2.